The molecule has 0 amide bonds. The molecule has 0 aromatic heterocycles. The van der Waals surface area contributed by atoms with Crippen LogP contribution >= 0.6 is 0 Å². The Bertz CT molecular complexity index is 145. The molecule has 0 aromatic rings. The van der Waals surface area contributed by atoms with Crippen LogP contribution in [0.4, 0.5) is 0 Å². The monoisotopic (exact) mass is 175 g/mol. The molecular formula is C8H17NO3. The van der Waals surface area contributed by atoms with Crippen molar-refractivity contribution >= 4 is 5.97 Å². The predicted octanol–water partition coefficient (Wildman–Crippen LogP) is 0.727. The number of esters is 1. The average molecular weight is 175 g/mol. The van der Waals surface area contributed by atoms with Crippen LogP contribution in [0, 0.1) is 5.41 Å². The minimum Gasteiger partial charge on any atom is -0.469 e. The number of ether oxygens (including phenoxy) is 1. The summed E-state index contributed by atoms with van der Waals surface area (Å²) in [4.78, 5) is 16.0. The van der Waals surface area contributed by atoms with E-state index in [1.807, 2.05) is 6.92 Å². The first-order valence-corrected chi connectivity index (χ1v) is 3.97. The molecule has 0 fully saturated rings. The third kappa shape index (κ3) is 3.69. The molecule has 1 N–H and O–H groups in total. The molecule has 4 nitrogen and oxygen atoms in total. The van der Waals surface area contributed by atoms with Gasteiger partial charge in [0, 0.05) is 6.54 Å². The molecule has 0 unspecified atom stereocenters. The molecule has 12 heavy (non-hydrogen) atoms. The highest BCUT2D eigenvalue weighted by molar-refractivity contribution is 5.75. The van der Waals surface area contributed by atoms with Gasteiger partial charge in [0.25, 0.3) is 0 Å². The maximum Gasteiger partial charge on any atom is 0.312 e. The summed E-state index contributed by atoms with van der Waals surface area (Å²) in [6.45, 7) is 6.50. The number of hydroxylamine groups is 1. The van der Waals surface area contributed by atoms with Crippen LogP contribution in [0.3, 0.4) is 0 Å². The van der Waals surface area contributed by atoms with E-state index in [0.717, 1.165) is 0 Å². The molecule has 0 aliphatic heterocycles. The topological polar surface area (TPSA) is 47.6 Å². The van der Waals surface area contributed by atoms with Gasteiger partial charge in [-0.15, -0.1) is 0 Å². The minimum absolute atomic E-state index is 0.241. The van der Waals surface area contributed by atoms with Crippen LogP contribution in [-0.4, -0.2) is 26.2 Å². The lowest BCUT2D eigenvalue weighted by molar-refractivity contribution is -0.152. The van der Waals surface area contributed by atoms with E-state index < -0.39 is 5.41 Å². The van der Waals surface area contributed by atoms with Gasteiger partial charge in [-0.1, -0.05) is 0 Å². The lowest BCUT2D eigenvalue weighted by Gasteiger charge is -2.21. The molecule has 4 heteroatoms. The summed E-state index contributed by atoms with van der Waals surface area (Å²) in [7, 11) is 1.38. The van der Waals surface area contributed by atoms with Gasteiger partial charge in [-0.25, -0.2) is 5.48 Å². The summed E-state index contributed by atoms with van der Waals surface area (Å²) < 4.78 is 4.61. The van der Waals surface area contributed by atoms with Crippen LogP contribution in [0.2, 0.25) is 0 Å². The molecule has 0 radical (unpaired) electrons. The van der Waals surface area contributed by atoms with Gasteiger partial charge in [0.2, 0.25) is 0 Å². The lowest BCUT2D eigenvalue weighted by Crippen LogP contribution is -2.36. The van der Waals surface area contributed by atoms with Crippen molar-refractivity contribution < 1.29 is 14.4 Å². The average Bonchev–Trinajstić information content (AvgIpc) is 2.03. The van der Waals surface area contributed by atoms with E-state index in [4.69, 9.17) is 4.84 Å². The molecule has 0 spiro atoms. The number of hydrogen-bond acceptors (Lipinski definition) is 4. The van der Waals surface area contributed by atoms with Gasteiger partial charge in [0.05, 0.1) is 19.1 Å². The predicted molar refractivity (Wildman–Crippen MR) is 45.4 cm³/mol. The number of carbonyl (C=O) groups is 1. The van der Waals surface area contributed by atoms with E-state index >= 15 is 0 Å². The normalized spacial score (nSPS) is 11.3. The van der Waals surface area contributed by atoms with E-state index in [-0.39, 0.29) is 5.97 Å². The van der Waals surface area contributed by atoms with Gasteiger partial charge < -0.3 is 9.57 Å². The molecule has 0 rings (SSSR count). The lowest BCUT2D eigenvalue weighted by atomic mass is 9.94. The Labute approximate surface area is 73.2 Å². The zero-order chi connectivity index (χ0) is 9.61. The Morgan fingerprint density at radius 2 is 2.08 bits per heavy atom. The van der Waals surface area contributed by atoms with E-state index in [9.17, 15) is 4.79 Å². The second-order valence-corrected chi connectivity index (χ2v) is 3.13. The van der Waals surface area contributed by atoms with Crippen molar-refractivity contribution in [3.63, 3.8) is 0 Å². The highest BCUT2D eigenvalue weighted by Crippen LogP contribution is 2.14. The Morgan fingerprint density at radius 1 is 1.50 bits per heavy atom. The van der Waals surface area contributed by atoms with Crippen molar-refractivity contribution in [2.24, 2.45) is 5.41 Å². The quantitative estimate of drug-likeness (QED) is 0.380. The molecule has 0 aliphatic carbocycles. The molecule has 0 saturated carbocycles. The molecule has 72 valence electrons. The number of rotatable bonds is 5. The van der Waals surface area contributed by atoms with Gasteiger partial charge in [-0.3, -0.25) is 4.79 Å². The van der Waals surface area contributed by atoms with Gasteiger partial charge in [-0.05, 0) is 20.8 Å². The largest absolute Gasteiger partial charge is 0.469 e. The van der Waals surface area contributed by atoms with Crippen molar-refractivity contribution in [1.29, 1.82) is 0 Å². The Morgan fingerprint density at radius 3 is 2.50 bits per heavy atom. The molecule has 0 bridgehead atoms. The van der Waals surface area contributed by atoms with E-state index in [1.165, 1.54) is 7.11 Å². The van der Waals surface area contributed by atoms with Crippen molar-refractivity contribution in [1.82, 2.24) is 5.48 Å². The van der Waals surface area contributed by atoms with Crippen molar-refractivity contribution in [3.05, 3.63) is 0 Å². The molecular weight excluding hydrogens is 158 g/mol. The van der Waals surface area contributed by atoms with E-state index in [0.29, 0.717) is 13.2 Å². The zero-order valence-electron chi connectivity index (χ0n) is 8.14. The maximum absolute atomic E-state index is 11.1. The van der Waals surface area contributed by atoms with E-state index in [1.54, 1.807) is 13.8 Å². The zero-order valence-corrected chi connectivity index (χ0v) is 8.14. The number of carbonyl (C=O) groups excluding carboxylic acids is 1. The number of methoxy groups -OCH3 is 1. The third-order valence-corrected chi connectivity index (χ3v) is 1.50. The summed E-state index contributed by atoms with van der Waals surface area (Å²) in [6.07, 6.45) is 0. The van der Waals surface area contributed by atoms with Crippen LogP contribution in [0.5, 0.6) is 0 Å². The first-order chi connectivity index (χ1) is 5.54. The van der Waals surface area contributed by atoms with Crippen LogP contribution in [-0.2, 0) is 14.4 Å². The van der Waals surface area contributed by atoms with E-state index in [2.05, 4.69) is 10.2 Å². The van der Waals surface area contributed by atoms with Gasteiger partial charge >= 0.3 is 5.97 Å². The second kappa shape index (κ2) is 5.11. The molecule has 0 aromatic carbocycles. The fourth-order valence-electron chi connectivity index (χ4n) is 0.682. The van der Waals surface area contributed by atoms with Crippen molar-refractivity contribution in [2.45, 2.75) is 20.8 Å². The van der Waals surface area contributed by atoms with Crippen molar-refractivity contribution in [3.8, 4) is 0 Å². The first-order valence-electron chi connectivity index (χ1n) is 3.97. The standard InChI is InChI=1S/C8H17NO3/c1-5-12-9-6-8(2,3)7(10)11-4/h9H,5-6H2,1-4H3. The highest BCUT2D eigenvalue weighted by atomic mass is 16.6. The van der Waals surface area contributed by atoms with Gasteiger partial charge in [-0.2, -0.15) is 0 Å². The smallest absolute Gasteiger partial charge is 0.312 e. The summed E-state index contributed by atoms with van der Waals surface area (Å²) in [5.74, 6) is -0.241. The summed E-state index contributed by atoms with van der Waals surface area (Å²) in [5.41, 5.74) is 2.15. The summed E-state index contributed by atoms with van der Waals surface area (Å²) in [6, 6.07) is 0. The van der Waals surface area contributed by atoms with Crippen LogP contribution in [0.15, 0.2) is 0 Å². The molecule has 0 heterocycles. The maximum atomic E-state index is 11.1. The van der Waals surface area contributed by atoms with Gasteiger partial charge in [0.15, 0.2) is 0 Å². The fraction of sp³-hybridized carbons (Fsp3) is 0.875. The summed E-state index contributed by atoms with van der Waals surface area (Å²) >= 11 is 0. The van der Waals surface area contributed by atoms with Crippen molar-refractivity contribution in [2.75, 3.05) is 20.3 Å². The number of hydrogen-bond donors (Lipinski definition) is 1. The molecule has 0 saturated heterocycles. The van der Waals surface area contributed by atoms with Crippen LogP contribution in [0.25, 0.3) is 0 Å². The molecule has 0 aliphatic rings. The van der Waals surface area contributed by atoms with Crippen LogP contribution in [0.1, 0.15) is 20.8 Å². The van der Waals surface area contributed by atoms with Crippen LogP contribution < -0.4 is 5.48 Å². The second-order valence-electron chi connectivity index (χ2n) is 3.13. The molecule has 0 atom stereocenters. The third-order valence-electron chi connectivity index (χ3n) is 1.50. The Hall–Kier alpha value is -0.610. The number of nitrogens with one attached hydrogen (secondary N) is 1. The Balaban J connectivity index is 3.78. The minimum atomic E-state index is -0.538. The van der Waals surface area contributed by atoms with Gasteiger partial charge in [0.1, 0.15) is 0 Å². The fourth-order valence-corrected chi connectivity index (χ4v) is 0.682. The first kappa shape index (κ1) is 11.4. The Kier molecular flexibility index (Phi) is 4.85. The SMILES string of the molecule is CCONCC(C)(C)C(=O)OC. The summed E-state index contributed by atoms with van der Waals surface area (Å²) in [5, 5.41) is 0. The highest BCUT2D eigenvalue weighted by Gasteiger charge is 2.28.